The Morgan fingerprint density at radius 3 is 1.38 bits per heavy atom. The monoisotopic (exact) mass is 644 g/mol. The molecule has 4 bridgehead atoms. The molecule has 0 unspecified atom stereocenters. The lowest BCUT2D eigenvalue weighted by Crippen LogP contribution is -2.23. The summed E-state index contributed by atoms with van der Waals surface area (Å²) in [6.45, 7) is 0. The first-order valence-corrected chi connectivity index (χ1v) is 18.4. The summed E-state index contributed by atoms with van der Waals surface area (Å²) in [6, 6.07) is 22.5. The molecule has 2 saturated carbocycles. The lowest BCUT2D eigenvalue weighted by atomic mass is 9.64. The van der Waals surface area contributed by atoms with Gasteiger partial charge in [-0.2, -0.15) is 10.5 Å². The molecule has 0 radical (unpaired) electrons. The summed E-state index contributed by atoms with van der Waals surface area (Å²) in [4.78, 5) is 0. The molecule has 0 saturated heterocycles. The number of hydrogen-bond acceptors (Lipinski definition) is 4. The lowest BCUT2D eigenvalue weighted by Gasteiger charge is -2.39. The van der Waals surface area contributed by atoms with Gasteiger partial charge in [-0.15, -0.1) is 0 Å². The zero-order valence-corrected chi connectivity index (χ0v) is 27.2. The molecule has 5 aromatic heterocycles. The van der Waals surface area contributed by atoms with Gasteiger partial charge in [0.1, 0.15) is 5.52 Å². The van der Waals surface area contributed by atoms with Crippen molar-refractivity contribution in [2.24, 2.45) is 0 Å². The van der Waals surface area contributed by atoms with Gasteiger partial charge in [0.05, 0.1) is 61.6 Å². The van der Waals surface area contributed by atoms with E-state index in [0.29, 0.717) is 23.7 Å². The minimum Gasteiger partial charge on any atom is -0.452 e. The van der Waals surface area contributed by atoms with Crippen LogP contribution in [0.1, 0.15) is 108 Å². The van der Waals surface area contributed by atoms with Crippen LogP contribution < -0.4 is 0 Å². The van der Waals surface area contributed by atoms with Gasteiger partial charge in [-0.25, -0.2) is 0 Å². The second kappa shape index (κ2) is 8.01. The summed E-state index contributed by atoms with van der Waals surface area (Å²) in [5.41, 5.74) is 16.8. The van der Waals surface area contributed by atoms with E-state index in [4.69, 9.17) is 8.83 Å². The Balaban J connectivity index is 1.37. The van der Waals surface area contributed by atoms with Crippen LogP contribution >= 0.6 is 0 Å². The maximum absolute atomic E-state index is 10.7. The average Bonchev–Trinajstić information content (AvgIpc) is 3.82. The van der Waals surface area contributed by atoms with Crippen molar-refractivity contribution in [3.8, 4) is 12.1 Å². The van der Waals surface area contributed by atoms with E-state index in [0.717, 1.165) is 129 Å². The normalized spacial score (nSPS) is 22.9. The zero-order chi connectivity index (χ0) is 32.3. The van der Waals surface area contributed by atoms with Crippen LogP contribution in [0.3, 0.4) is 0 Å². The van der Waals surface area contributed by atoms with Crippen LogP contribution in [0.25, 0.3) is 87.7 Å². The van der Waals surface area contributed by atoms with Crippen molar-refractivity contribution in [1.29, 1.82) is 10.5 Å². The van der Waals surface area contributed by atoms with Gasteiger partial charge in [-0.05, 0) is 122 Å². The summed E-state index contributed by atoms with van der Waals surface area (Å²) in [5, 5.41) is 28.5. The maximum Gasteiger partial charge on any atom is 0.165 e. The Bertz CT molecular complexity index is 3100. The largest absolute Gasteiger partial charge is 0.452 e. The summed E-state index contributed by atoms with van der Waals surface area (Å²) >= 11 is 0. The van der Waals surface area contributed by atoms with Crippen molar-refractivity contribution >= 4 is 87.7 Å². The zero-order valence-electron chi connectivity index (χ0n) is 27.2. The molecule has 0 aliphatic heterocycles. The topological polar surface area (TPSA) is 82.7 Å². The van der Waals surface area contributed by atoms with Crippen molar-refractivity contribution in [2.45, 2.75) is 75.0 Å². The molecule has 6 aliphatic rings. The van der Waals surface area contributed by atoms with Crippen LogP contribution in [0.4, 0.5) is 0 Å². The van der Waals surface area contributed by atoms with Crippen molar-refractivity contribution in [3.63, 3.8) is 0 Å². The predicted octanol–water partition coefficient (Wildman–Crippen LogP) is 11.6. The SMILES string of the molecule is N#Cc1cc2c(c3c1C1CCC3CC1)c1c3oc4cccc5c6cccc7oc(c8c9c%10c(c(C#N)cc9n2c18)C1CCC%10CC1)c3n(c45)c76. The lowest BCUT2D eigenvalue weighted by molar-refractivity contribution is 0.360. The number of hydrogen-bond donors (Lipinski definition) is 0. The van der Waals surface area contributed by atoms with Crippen molar-refractivity contribution in [2.75, 3.05) is 0 Å². The molecule has 0 amide bonds. The average molecular weight is 645 g/mol. The first-order valence-electron chi connectivity index (χ1n) is 18.4. The number of para-hydroxylation sites is 2. The van der Waals surface area contributed by atoms with Crippen molar-refractivity contribution < 1.29 is 8.83 Å². The van der Waals surface area contributed by atoms with E-state index in [2.05, 4.69) is 69.5 Å². The van der Waals surface area contributed by atoms with Gasteiger partial charge in [0, 0.05) is 21.5 Å². The molecule has 6 nitrogen and oxygen atoms in total. The minimum atomic E-state index is 0.419. The highest BCUT2D eigenvalue weighted by Crippen LogP contribution is 2.60. The van der Waals surface area contributed by atoms with Gasteiger partial charge in [-0.3, -0.25) is 4.40 Å². The van der Waals surface area contributed by atoms with E-state index < -0.39 is 0 Å². The van der Waals surface area contributed by atoms with Crippen LogP contribution in [0.15, 0.2) is 57.4 Å². The van der Waals surface area contributed by atoms with Crippen LogP contribution in [0.5, 0.6) is 0 Å². The minimum absolute atomic E-state index is 0.419. The fourth-order valence-corrected chi connectivity index (χ4v) is 12.3. The Hall–Kier alpha value is -5.72. The predicted molar refractivity (Wildman–Crippen MR) is 195 cm³/mol. The number of nitriles is 2. The van der Waals surface area contributed by atoms with E-state index in [-0.39, 0.29) is 0 Å². The Morgan fingerprint density at radius 1 is 0.500 bits per heavy atom. The number of fused-ring (bicyclic) bond motifs is 13. The third-order valence-corrected chi connectivity index (χ3v) is 14.0. The van der Waals surface area contributed by atoms with Gasteiger partial charge in [0.2, 0.25) is 0 Å². The van der Waals surface area contributed by atoms with Crippen LogP contribution in [-0.2, 0) is 0 Å². The number of aromatic nitrogens is 2. The summed E-state index contributed by atoms with van der Waals surface area (Å²) in [6.07, 6.45) is 9.25. The van der Waals surface area contributed by atoms with Gasteiger partial charge < -0.3 is 13.2 Å². The Kier molecular flexibility index (Phi) is 4.05. The first kappa shape index (κ1) is 25.3. The molecule has 16 rings (SSSR count). The van der Waals surface area contributed by atoms with Gasteiger partial charge in [-0.1, -0.05) is 24.3 Å². The molecular weight excluding hydrogens is 617 g/mol. The van der Waals surface area contributed by atoms with E-state index >= 15 is 0 Å². The van der Waals surface area contributed by atoms with E-state index in [9.17, 15) is 10.5 Å². The quantitative estimate of drug-likeness (QED) is 0.121. The van der Waals surface area contributed by atoms with Gasteiger partial charge in [0.25, 0.3) is 0 Å². The maximum atomic E-state index is 10.7. The molecule has 10 aromatic rings. The third-order valence-electron chi connectivity index (χ3n) is 14.0. The third kappa shape index (κ3) is 2.48. The molecule has 6 heteroatoms. The second-order valence-corrected chi connectivity index (χ2v) is 15.9. The van der Waals surface area contributed by atoms with Gasteiger partial charge in [0.15, 0.2) is 22.3 Å². The number of nitrogens with zero attached hydrogens (tertiary/aromatic N) is 4. The summed E-state index contributed by atoms with van der Waals surface area (Å²) < 4.78 is 19.3. The fourth-order valence-electron chi connectivity index (χ4n) is 12.3. The molecule has 5 heterocycles. The highest BCUT2D eigenvalue weighted by atomic mass is 16.3. The van der Waals surface area contributed by atoms with Crippen LogP contribution in [-0.4, -0.2) is 8.80 Å². The number of benzene rings is 5. The molecule has 0 N–H and O–H groups in total. The molecular formula is C44H28N4O2. The smallest absolute Gasteiger partial charge is 0.165 e. The van der Waals surface area contributed by atoms with Crippen LogP contribution in [0.2, 0.25) is 0 Å². The van der Waals surface area contributed by atoms with Crippen molar-refractivity contribution in [3.05, 3.63) is 81.9 Å². The second-order valence-electron chi connectivity index (χ2n) is 15.9. The molecule has 236 valence electrons. The molecule has 6 aliphatic carbocycles. The molecule has 5 aromatic carbocycles. The Labute approximate surface area is 284 Å². The summed E-state index contributed by atoms with van der Waals surface area (Å²) in [7, 11) is 0. The highest BCUT2D eigenvalue weighted by molar-refractivity contribution is 6.38. The molecule has 50 heavy (non-hydrogen) atoms. The standard InChI is InChI=1S/C44H28N4O2/c45-17-23-15-27-35(33-21-11-7-19(8-12-21)31(23)33)37-41-38(36-28(47(27)41)16-24(18-46)32-20-9-13-22(14-10-20)34(32)36)44-42-43(37)49-29-5-1-3-25-26-4-2-6-30(50-44)40(26)48(42)39(25)29/h1-6,15-16,19-22H,7-14H2. The fraction of sp³-hybridized carbons (Fsp3) is 0.273. The van der Waals surface area contributed by atoms with Gasteiger partial charge >= 0.3 is 0 Å². The van der Waals surface area contributed by atoms with E-state index in [1.54, 1.807) is 0 Å². The molecule has 0 atom stereocenters. The molecule has 2 fully saturated rings. The summed E-state index contributed by atoms with van der Waals surface area (Å²) in [5.74, 6) is 1.68. The Morgan fingerprint density at radius 2 is 0.940 bits per heavy atom. The van der Waals surface area contributed by atoms with Crippen molar-refractivity contribution in [1.82, 2.24) is 8.80 Å². The molecule has 0 spiro atoms. The highest BCUT2D eigenvalue weighted by Gasteiger charge is 2.42. The van der Waals surface area contributed by atoms with E-state index in [1.807, 2.05) is 0 Å². The number of rotatable bonds is 0. The van der Waals surface area contributed by atoms with E-state index in [1.165, 1.54) is 43.8 Å². The van der Waals surface area contributed by atoms with Crippen LogP contribution in [0, 0.1) is 22.7 Å². The first-order chi connectivity index (χ1) is 24.7.